The van der Waals surface area contributed by atoms with Crippen molar-refractivity contribution in [2.75, 3.05) is 20.3 Å². The molecule has 0 aromatic carbocycles. The number of aromatic nitrogens is 3. The Bertz CT molecular complexity index is 511. The minimum atomic E-state index is -0.248. The first-order valence-corrected chi connectivity index (χ1v) is 6.68. The Morgan fingerprint density at radius 2 is 2.42 bits per heavy atom. The zero-order valence-electron chi connectivity index (χ0n) is 10.5. The number of rotatable bonds is 6. The van der Waals surface area contributed by atoms with E-state index in [0.717, 1.165) is 5.69 Å². The number of nitrogens with one attached hydrogen (secondary N) is 2. The van der Waals surface area contributed by atoms with E-state index in [1.54, 1.807) is 29.3 Å². The maximum atomic E-state index is 11.4. The molecule has 102 valence electrons. The fourth-order valence-electron chi connectivity index (χ4n) is 1.39. The molecule has 0 aliphatic rings. The van der Waals surface area contributed by atoms with Gasteiger partial charge in [-0.2, -0.15) is 11.3 Å². The summed E-state index contributed by atoms with van der Waals surface area (Å²) < 4.78 is 6.51. The molecule has 0 spiro atoms. The molecule has 7 nitrogen and oxygen atoms in total. The van der Waals surface area contributed by atoms with Crippen molar-refractivity contribution >= 4 is 17.4 Å². The number of carbonyl (C=O) groups excluding carboxylic acids is 1. The van der Waals surface area contributed by atoms with Crippen LogP contribution in [0.15, 0.2) is 23.0 Å². The van der Waals surface area contributed by atoms with Gasteiger partial charge in [0.1, 0.15) is 5.69 Å². The highest BCUT2D eigenvalue weighted by Gasteiger charge is 2.05. The number of carbonyl (C=O) groups is 1. The molecule has 0 saturated carbocycles. The summed E-state index contributed by atoms with van der Waals surface area (Å²) in [6.07, 6.45) is 1.79. The lowest BCUT2D eigenvalue weighted by Crippen LogP contribution is -2.36. The third-order valence-corrected chi connectivity index (χ3v) is 3.00. The monoisotopic (exact) mass is 281 g/mol. The number of hydrogen-bond acceptors (Lipinski definition) is 5. The van der Waals surface area contributed by atoms with E-state index in [0.29, 0.717) is 25.4 Å². The van der Waals surface area contributed by atoms with Crippen LogP contribution in [0.2, 0.25) is 0 Å². The van der Waals surface area contributed by atoms with Crippen molar-refractivity contribution in [3.05, 3.63) is 28.7 Å². The van der Waals surface area contributed by atoms with Gasteiger partial charge in [-0.3, -0.25) is 0 Å². The minimum absolute atomic E-state index is 0.248. The molecule has 2 aromatic heterocycles. The highest BCUT2D eigenvalue weighted by Crippen LogP contribution is 2.10. The molecule has 2 amide bonds. The SMILES string of the molecule is COCCNC(=O)NCc1cn(-c2ccsc2)nn1. The summed E-state index contributed by atoms with van der Waals surface area (Å²) in [4.78, 5) is 11.4. The molecule has 0 aliphatic heterocycles. The van der Waals surface area contributed by atoms with Gasteiger partial charge >= 0.3 is 6.03 Å². The summed E-state index contributed by atoms with van der Waals surface area (Å²) in [6.45, 7) is 1.30. The van der Waals surface area contributed by atoms with E-state index in [-0.39, 0.29) is 6.03 Å². The second kappa shape index (κ2) is 6.86. The largest absolute Gasteiger partial charge is 0.383 e. The highest BCUT2D eigenvalue weighted by atomic mass is 32.1. The summed E-state index contributed by atoms with van der Waals surface area (Å²) in [7, 11) is 1.59. The van der Waals surface area contributed by atoms with Gasteiger partial charge in [0.2, 0.25) is 0 Å². The van der Waals surface area contributed by atoms with E-state index >= 15 is 0 Å². The third-order valence-electron chi connectivity index (χ3n) is 2.33. The van der Waals surface area contributed by atoms with Gasteiger partial charge in [0.25, 0.3) is 0 Å². The molecule has 0 saturated heterocycles. The zero-order valence-corrected chi connectivity index (χ0v) is 11.3. The van der Waals surface area contributed by atoms with Crippen molar-refractivity contribution in [3.63, 3.8) is 0 Å². The Hall–Kier alpha value is -1.93. The number of urea groups is 1. The van der Waals surface area contributed by atoms with Gasteiger partial charge in [0, 0.05) is 19.0 Å². The number of hydrogen-bond donors (Lipinski definition) is 2. The standard InChI is InChI=1S/C11H15N5O2S/c1-18-4-3-12-11(17)13-6-9-7-16(15-14-9)10-2-5-19-8-10/h2,5,7-8H,3-4,6H2,1H3,(H2,12,13,17). The number of amides is 2. The zero-order chi connectivity index (χ0) is 13.5. The molecular weight excluding hydrogens is 266 g/mol. The van der Waals surface area contributed by atoms with Gasteiger partial charge in [-0.25, -0.2) is 9.48 Å². The van der Waals surface area contributed by atoms with Gasteiger partial charge in [-0.05, 0) is 11.4 Å². The van der Waals surface area contributed by atoms with Crippen molar-refractivity contribution in [2.45, 2.75) is 6.54 Å². The minimum Gasteiger partial charge on any atom is -0.383 e. The molecule has 19 heavy (non-hydrogen) atoms. The molecule has 2 N–H and O–H groups in total. The van der Waals surface area contributed by atoms with Crippen LogP contribution >= 0.6 is 11.3 Å². The Kier molecular flexibility index (Phi) is 4.87. The Morgan fingerprint density at radius 1 is 1.53 bits per heavy atom. The van der Waals surface area contributed by atoms with E-state index < -0.39 is 0 Å². The maximum Gasteiger partial charge on any atom is 0.315 e. The lowest BCUT2D eigenvalue weighted by molar-refractivity contribution is 0.196. The summed E-state index contributed by atoms with van der Waals surface area (Å²) >= 11 is 1.59. The van der Waals surface area contributed by atoms with Crippen LogP contribution in [0.5, 0.6) is 0 Å². The van der Waals surface area contributed by atoms with E-state index in [9.17, 15) is 4.79 Å². The van der Waals surface area contributed by atoms with Crippen molar-refractivity contribution in [1.82, 2.24) is 25.6 Å². The van der Waals surface area contributed by atoms with Crippen LogP contribution in [0.3, 0.4) is 0 Å². The average molecular weight is 281 g/mol. The second-order valence-corrected chi connectivity index (χ2v) is 4.52. The molecule has 0 radical (unpaired) electrons. The number of nitrogens with zero attached hydrogens (tertiary/aromatic N) is 3. The van der Waals surface area contributed by atoms with E-state index in [4.69, 9.17) is 4.74 Å². The number of thiophene rings is 1. The van der Waals surface area contributed by atoms with Gasteiger partial charge in [0.15, 0.2) is 0 Å². The molecule has 2 aromatic rings. The van der Waals surface area contributed by atoms with Gasteiger partial charge in [-0.15, -0.1) is 5.10 Å². The summed E-state index contributed by atoms with van der Waals surface area (Å²) in [6, 6.07) is 1.70. The fraction of sp³-hybridized carbons (Fsp3) is 0.364. The molecule has 2 heterocycles. The molecule has 2 rings (SSSR count). The first-order valence-electron chi connectivity index (χ1n) is 5.74. The topological polar surface area (TPSA) is 81.1 Å². The second-order valence-electron chi connectivity index (χ2n) is 3.74. The fourth-order valence-corrected chi connectivity index (χ4v) is 2.02. The third kappa shape index (κ3) is 4.04. The van der Waals surface area contributed by atoms with Gasteiger partial charge in [0.05, 0.1) is 25.0 Å². The summed E-state index contributed by atoms with van der Waals surface area (Å²) in [5.74, 6) is 0. The van der Waals surface area contributed by atoms with Gasteiger partial charge < -0.3 is 15.4 Å². The molecule has 0 bridgehead atoms. The van der Waals surface area contributed by atoms with Crippen LogP contribution in [0.1, 0.15) is 5.69 Å². The van der Waals surface area contributed by atoms with Crippen LogP contribution in [-0.4, -0.2) is 41.3 Å². The Morgan fingerprint density at radius 3 is 3.16 bits per heavy atom. The van der Waals surface area contributed by atoms with Crippen LogP contribution in [0.25, 0.3) is 5.69 Å². The lowest BCUT2D eigenvalue weighted by Gasteiger charge is -2.04. The molecule has 0 aliphatic carbocycles. The molecular formula is C11H15N5O2S. The van der Waals surface area contributed by atoms with Gasteiger partial charge in [-0.1, -0.05) is 5.21 Å². The van der Waals surface area contributed by atoms with Crippen LogP contribution < -0.4 is 10.6 Å². The van der Waals surface area contributed by atoms with E-state index in [1.165, 1.54) is 0 Å². The normalized spacial score (nSPS) is 10.4. The summed E-state index contributed by atoms with van der Waals surface area (Å²) in [5.41, 5.74) is 1.67. The molecule has 0 fully saturated rings. The average Bonchev–Trinajstić information content (AvgIpc) is 3.07. The maximum absolute atomic E-state index is 11.4. The Balaban J connectivity index is 1.79. The van der Waals surface area contributed by atoms with E-state index in [1.807, 2.05) is 16.8 Å². The smallest absolute Gasteiger partial charge is 0.315 e. The van der Waals surface area contributed by atoms with Crippen LogP contribution in [0, 0.1) is 0 Å². The van der Waals surface area contributed by atoms with Crippen molar-refractivity contribution < 1.29 is 9.53 Å². The number of ether oxygens (including phenoxy) is 1. The van der Waals surface area contributed by atoms with Crippen molar-refractivity contribution in [3.8, 4) is 5.69 Å². The quantitative estimate of drug-likeness (QED) is 0.767. The summed E-state index contributed by atoms with van der Waals surface area (Å²) in [5, 5.41) is 17.3. The van der Waals surface area contributed by atoms with E-state index in [2.05, 4.69) is 20.9 Å². The molecule has 0 atom stereocenters. The highest BCUT2D eigenvalue weighted by molar-refractivity contribution is 7.08. The van der Waals surface area contributed by atoms with Crippen LogP contribution in [0.4, 0.5) is 4.79 Å². The molecule has 0 unspecified atom stereocenters. The number of methoxy groups -OCH3 is 1. The molecule has 8 heteroatoms. The first kappa shape index (κ1) is 13.5. The van der Waals surface area contributed by atoms with Crippen molar-refractivity contribution in [1.29, 1.82) is 0 Å². The predicted molar refractivity (Wildman–Crippen MR) is 71.4 cm³/mol. The Labute approximate surface area is 114 Å². The predicted octanol–water partition coefficient (Wildman–Crippen LogP) is 0.774. The van der Waals surface area contributed by atoms with Crippen LogP contribution in [-0.2, 0) is 11.3 Å². The lowest BCUT2D eigenvalue weighted by atomic mass is 10.4. The van der Waals surface area contributed by atoms with Crippen molar-refractivity contribution in [2.24, 2.45) is 0 Å². The first-order chi connectivity index (χ1) is 9.29.